The van der Waals surface area contributed by atoms with Crippen molar-refractivity contribution in [3.63, 3.8) is 0 Å². The maximum atomic E-state index is 11.8. The topological polar surface area (TPSA) is 42.0 Å². The van der Waals surface area contributed by atoms with Crippen LogP contribution in [0.3, 0.4) is 0 Å². The Balaban J connectivity index is 2.93. The number of hydrogen-bond donors (Lipinski definition) is 1. The Morgan fingerprint density at radius 3 is 2.56 bits per heavy atom. The molecule has 0 radical (unpaired) electrons. The summed E-state index contributed by atoms with van der Waals surface area (Å²) in [7, 11) is 0. The van der Waals surface area contributed by atoms with Gasteiger partial charge in [-0.15, -0.1) is 0 Å². The van der Waals surface area contributed by atoms with Crippen LogP contribution in [0.2, 0.25) is 5.15 Å². The van der Waals surface area contributed by atoms with Crippen molar-refractivity contribution in [3.8, 4) is 0 Å². The van der Waals surface area contributed by atoms with E-state index in [0.717, 1.165) is 17.8 Å². The third-order valence-electron chi connectivity index (χ3n) is 2.20. The summed E-state index contributed by atoms with van der Waals surface area (Å²) in [6.07, 6.45) is 0.736. The van der Waals surface area contributed by atoms with Gasteiger partial charge in [0.25, 0.3) is 0 Å². The van der Waals surface area contributed by atoms with Crippen LogP contribution >= 0.6 is 11.6 Å². The van der Waals surface area contributed by atoms with Crippen molar-refractivity contribution in [1.82, 2.24) is 4.98 Å². The number of aryl methyl sites for hydroxylation is 1. The van der Waals surface area contributed by atoms with Gasteiger partial charge in [0.05, 0.1) is 11.4 Å². The van der Waals surface area contributed by atoms with Crippen molar-refractivity contribution in [2.24, 2.45) is 5.41 Å². The number of pyridine rings is 1. The Bertz CT molecular complexity index is 396. The highest BCUT2D eigenvalue weighted by atomic mass is 35.5. The molecule has 3 nitrogen and oxygen atoms in total. The predicted octanol–water partition coefficient (Wildman–Crippen LogP) is 3.28. The molecule has 0 aliphatic rings. The van der Waals surface area contributed by atoms with Gasteiger partial charge in [-0.1, -0.05) is 39.3 Å². The number of nitrogens with zero attached hydrogens (tertiary/aromatic N) is 1. The van der Waals surface area contributed by atoms with Gasteiger partial charge in [-0.25, -0.2) is 4.98 Å². The summed E-state index contributed by atoms with van der Waals surface area (Å²) in [5, 5.41) is 3.32. The lowest BCUT2D eigenvalue weighted by atomic mass is 9.95. The van der Waals surface area contributed by atoms with Gasteiger partial charge in [0.2, 0.25) is 5.91 Å². The van der Waals surface area contributed by atoms with Crippen LogP contribution in [-0.2, 0) is 11.2 Å². The van der Waals surface area contributed by atoms with Crippen molar-refractivity contribution in [2.45, 2.75) is 34.1 Å². The Hall–Kier alpha value is -1.09. The van der Waals surface area contributed by atoms with Gasteiger partial charge in [0.15, 0.2) is 0 Å². The van der Waals surface area contributed by atoms with Gasteiger partial charge >= 0.3 is 0 Å². The zero-order valence-electron chi connectivity index (χ0n) is 10.1. The molecule has 0 aliphatic heterocycles. The summed E-state index contributed by atoms with van der Waals surface area (Å²) in [5.41, 5.74) is 1.14. The molecule has 4 heteroatoms. The molecule has 1 aromatic rings. The first-order chi connectivity index (χ1) is 7.34. The van der Waals surface area contributed by atoms with E-state index in [-0.39, 0.29) is 5.91 Å². The molecule has 1 amide bonds. The number of amides is 1. The minimum atomic E-state index is -0.412. The van der Waals surface area contributed by atoms with E-state index in [9.17, 15) is 4.79 Å². The number of nitrogens with one attached hydrogen (secondary N) is 1. The molecule has 0 aliphatic carbocycles. The lowest BCUT2D eigenvalue weighted by Crippen LogP contribution is -2.28. The molecule has 0 fully saturated rings. The minimum Gasteiger partial charge on any atom is -0.324 e. The molecule has 0 saturated carbocycles. The van der Waals surface area contributed by atoms with Gasteiger partial charge in [-0.3, -0.25) is 4.79 Å². The van der Waals surface area contributed by atoms with Crippen LogP contribution in [0.1, 0.15) is 33.4 Å². The van der Waals surface area contributed by atoms with Crippen LogP contribution in [0, 0.1) is 5.41 Å². The van der Waals surface area contributed by atoms with E-state index in [2.05, 4.69) is 10.3 Å². The molecule has 0 aromatic carbocycles. The van der Waals surface area contributed by atoms with Crippen LogP contribution < -0.4 is 5.32 Å². The molecule has 1 aromatic heterocycles. The Morgan fingerprint density at radius 1 is 1.44 bits per heavy atom. The van der Waals surface area contributed by atoms with Crippen molar-refractivity contribution < 1.29 is 4.79 Å². The number of hydrogen-bond acceptors (Lipinski definition) is 2. The van der Waals surface area contributed by atoms with Gasteiger partial charge in [-0.05, 0) is 18.6 Å². The largest absolute Gasteiger partial charge is 0.324 e. The Kier molecular flexibility index (Phi) is 3.92. The van der Waals surface area contributed by atoms with E-state index in [0.29, 0.717) is 5.15 Å². The van der Waals surface area contributed by atoms with E-state index >= 15 is 0 Å². The van der Waals surface area contributed by atoms with Crippen molar-refractivity contribution in [1.29, 1.82) is 0 Å². The second-order valence-corrected chi connectivity index (χ2v) is 5.07. The monoisotopic (exact) mass is 240 g/mol. The Morgan fingerprint density at radius 2 is 2.06 bits per heavy atom. The van der Waals surface area contributed by atoms with E-state index in [1.54, 1.807) is 12.1 Å². The predicted molar refractivity (Wildman–Crippen MR) is 66.7 cm³/mol. The molecule has 1 heterocycles. The first-order valence-corrected chi connectivity index (χ1v) is 5.69. The molecular formula is C12H17ClN2O. The lowest BCUT2D eigenvalue weighted by Gasteiger charge is -2.18. The van der Waals surface area contributed by atoms with Crippen LogP contribution in [-0.4, -0.2) is 10.9 Å². The van der Waals surface area contributed by atoms with E-state index in [1.807, 2.05) is 27.7 Å². The number of carbonyl (C=O) groups excluding carboxylic acids is 1. The van der Waals surface area contributed by atoms with Gasteiger partial charge in [0.1, 0.15) is 5.15 Å². The quantitative estimate of drug-likeness (QED) is 0.806. The summed E-state index contributed by atoms with van der Waals surface area (Å²) < 4.78 is 0. The van der Waals surface area contributed by atoms with Gasteiger partial charge in [0, 0.05) is 5.41 Å². The van der Waals surface area contributed by atoms with Gasteiger partial charge in [-0.2, -0.15) is 0 Å². The highest BCUT2D eigenvalue weighted by Gasteiger charge is 2.22. The summed E-state index contributed by atoms with van der Waals surface area (Å²) in [4.78, 5) is 16.0. The average molecular weight is 241 g/mol. The second-order valence-electron chi connectivity index (χ2n) is 4.69. The summed E-state index contributed by atoms with van der Waals surface area (Å²) in [6.45, 7) is 7.59. The fourth-order valence-electron chi connectivity index (χ4n) is 1.17. The number of rotatable bonds is 2. The van der Waals surface area contributed by atoms with Crippen molar-refractivity contribution in [2.75, 3.05) is 5.32 Å². The third-order valence-corrected chi connectivity index (χ3v) is 2.41. The fraction of sp³-hybridized carbons (Fsp3) is 0.500. The van der Waals surface area contributed by atoms with Gasteiger partial charge < -0.3 is 5.32 Å². The molecule has 0 spiro atoms. The normalized spacial score (nSPS) is 11.3. The molecule has 0 unspecified atom stereocenters. The molecule has 0 bridgehead atoms. The van der Waals surface area contributed by atoms with Crippen LogP contribution in [0.15, 0.2) is 12.1 Å². The summed E-state index contributed by atoms with van der Waals surface area (Å²) >= 11 is 5.80. The molecule has 88 valence electrons. The lowest BCUT2D eigenvalue weighted by molar-refractivity contribution is -0.123. The summed E-state index contributed by atoms with van der Waals surface area (Å²) in [5.74, 6) is -0.0219. The zero-order valence-corrected chi connectivity index (χ0v) is 10.9. The first-order valence-electron chi connectivity index (χ1n) is 5.31. The average Bonchev–Trinajstić information content (AvgIpc) is 2.19. The third kappa shape index (κ3) is 3.20. The second kappa shape index (κ2) is 4.83. The van der Waals surface area contributed by atoms with Crippen LogP contribution in [0.4, 0.5) is 5.69 Å². The fourth-order valence-corrected chi connectivity index (χ4v) is 1.33. The molecule has 16 heavy (non-hydrogen) atoms. The SMILES string of the molecule is CCc1nc(Cl)ccc1NC(=O)C(C)(C)C. The molecule has 0 atom stereocenters. The van der Waals surface area contributed by atoms with E-state index in [4.69, 9.17) is 11.6 Å². The highest BCUT2D eigenvalue weighted by Crippen LogP contribution is 2.21. The van der Waals surface area contributed by atoms with E-state index in [1.165, 1.54) is 0 Å². The molecular weight excluding hydrogens is 224 g/mol. The molecule has 1 N–H and O–H groups in total. The number of carbonyl (C=O) groups is 1. The number of anilines is 1. The number of halogens is 1. The minimum absolute atomic E-state index is 0.0219. The smallest absolute Gasteiger partial charge is 0.229 e. The maximum Gasteiger partial charge on any atom is 0.229 e. The number of aromatic nitrogens is 1. The van der Waals surface area contributed by atoms with Crippen LogP contribution in [0.5, 0.6) is 0 Å². The van der Waals surface area contributed by atoms with Crippen LogP contribution in [0.25, 0.3) is 0 Å². The Labute approximate surface area is 101 Å². The first kappa shape index (κ1) is 13.0. The molecule has 1 rings (SSSR count). The molecule has 0 saturated heterocycles. The standard InChI is InChI=1S/C12H17ClN2O/c1-5-8-9(6-7-10(13)14-8)15-11(16)12(2,3)4/h6-7H,5H2,1-4H3,(H,15,16). The zero-order chi connectivity index (χ0) is 12.3. The maximum absolute atomic E-state index is 11.8. The summed E-state index contributed by atoms with van der Waals surface area (Å²) in [6, 6.07) is 3.47. The highest BCUT2D eigenvalue weighted by molar-refractivity contribution is 6.29. The van der Waals surface area contributed by atoms with Crippen molar-refractivity contribution >= 4 is 23.2 Å². The van der Waals surface area contributed by atoms with Crippen molar-refractivity contribution in [3.05, 3.63) is 23.0 Å². The van der Waals surface area contributed by atoms with E-state index < -0.39 is 5.41 Å².